The number of aromatic nitrogens is 4. The molecule has 2 aliphatic rings. The van der Waals surface area contributed by atoms with Gasteiger partial charge in [-0.05, 0) is 50.9 Å². The number of methoxy groups -OCH3 is 1. The summed E-state index contributed by atoms with van der Waals surface area (Å²) in [6, 6.07) is 17.4. The summed E-state index contributed by atoms with van der Waals surface area (Å²) < 4.78 is 7.60. The summed E-state index contributed by atoms with van der Waals surface area (Å²) in [6.07, 6.45) is 6.14. The van der Waals surface area contributed by atoms with Gasteiger partial charge in [0, 0.05) is 55.6 Å². The first-order valence-corrected chi connectivity index (χ1v) is 14.0. The molecule has 3 heterocycles. The first-order valence-electron chi connectivity index (χ1n) is 14.0. The number of ether oxygens (including phenoxy) is 1. The van der Waals surface area contributed by atoms with Crippen molar-refractivity contribution in [2.24, 2.45) is 0 Å². The number of para-hydroxylation sites is 1. The van der Waals surface area contributed by atoms with Crippen molar-refractivity contribution in [3.63, 3.8) is 0 Å². The van der Waals surface area contributed by atoms with Crippen LogP contribution in [0.3, 0.4) is 0 Å². The molecule has 0 atom stereocenters. The Bertz CT molecular complexity index is 1400. The Kier molecular flexibility index (Phi) is 7.34. The van der Waals surface area contributed by atoms with Gasteiger partial charge in [0.1, 0.15) is 23.6 Å². The predicted molar refractivity (Wildman–Crippen MR) is 156 cm³/mol. The van der Waals surface area contributed by atoms with E-state index in [1.54, 1.807) is 13.4 Å². The summed E-state index contributed by atoms with van der Waals surface area (Å²) in [5.41, 5.74) is 11.2. The molecule has 9 heteroatoms. The van der Waals surface area contributed by atoms with Crippen LogP contribution in [0, 0.1) is 0 Å². The lowest BCUT2D eigenvalue weighted by Crippen LogP contribution is -2.49. The summed E-state index contributed by atoms with van der Waals surface area (Å²) in [5.74, 6) is 1.36. The third-order valence-corrected chi connectivity index (χ3v) is 8.42. The minimum absolute atomic E-state index is 0.320. The molecule has 0 spiro atoms. The molecule has 0 unspecified atom stereocenters. The highest BCUT2D eigenvalue weighted by molar-refractivity contribution is 5.98. The van der Waals surface area contributed by atoms with Crippen LogP contribution in [0.2, 0.25) is 0 Å². The largest absolute Gasteiger partial charge is 0.496 e. The van der Waals surface area contributed by atoms with Gasteiger partial charge in [-0.3, -0.25) is 4.90 Å². The van der Waals surface area contributed by atoms with Gasteiger partial charge in [-0.25, -0.2) is 14.6 Å². The second-order valence-corrected chi connectivity index (χ2v) is 10.8. The van der Waals surface area contributed by atoms with Crippen molar-refractivity contribution in [1.29, 1.82) is 0 Å². The summed E-state index contributed by atoms with van der Waals surface area (Å²) in [4.78, 5) is 14.1. The first-order chi connectivity index (χ1) is 19.1. The van der Waals surface area contributed by atoms with Crippen LogP contribution in [0.15, 0.2) is 54.9 Å². The van der Waals surface area contributed by atoms with E-state index in [9.17, 15) is 0 Å². The molecule has 2 aromatic carbocycles. The van der Waals surface area contributed by atoms with Crippen LogP contribution in [0.1, 0.15) is 37.3 Å². The second kappa shape index (κ2) is 11.2. The zero-order chi connectivity index (χ0) is 26.8. The van der Waals surface area contributed by atoms with E-state index in [1.165, 1.54) is 25.9 Å². The number of fused-ring (bicyclic) bond motifs is 1. The predicted octanol–water partition coefficient (Wildman–Crippen LogP) is 4.43. The minimum atomic E-state index is 0.320. The molecular weight excluding hydrogens is 488 g/mol. The van der Waals surface area contributed by atoms with E-state index >= 15 is 0 Å². The Labute approximate surface area is 230 Å². The van der Waals surface area contributed by atoms with E-state index in [2.05, 4.69) is 67.1 Å². The zero-order valence-electron chi connectivity index (χ0n) is 22.9. The Morgan fingerprint density at radius 1 is 0.923 bits per heavy atom. The molecule has 3 N–H and O–H groups in total. The van der Waals surface area contributed by atoms with Crippen molar-refractivity contribution in [3.8, 4) is 17.0 Å². The normalized spacial score (nSPS) is 20.8. The van der Waals surface area contributed by atoms with Crippen molar-refractivity contribution in [2.45, 2.75) is 44.3 Å². The van der Waals surface area contributed by atoms with E-state index in [-0.39, 0.29) is 0 Å². The zero-order valence-corrected chi connectivity index (χ0v) is 22.9. The number of nitrogens with one attached hydrogen (secondary N) is 1. The molecule has 204 valence electrons. The lowest BCUT2D eigenvalue weighted by Gasteiger charge is -2.41. The van der Waals surface area contributed by atoms with Gasteiger partial charge in [-0.2, -0.15) is 5.10 Å². The number of rotatable bonds is 7. The molecule has 0 bridgehead atoms. The summed E-state index contributed by atoms with van der Waals surface area (Å²) in [5, 5.41) is 9.45. The second-order valence-electron chi connectivity index (χ2n) is 10.8. The molecule has 2 fully saturated rings. The number of nitrogens with two attached hydrogens (primary N) is 1. The van der Waals surface area contributed by atoms with Crippen LogP contribution in [0.5, 0.6) is 5.75 Å². The fraction of sp³-hybridized carbons (Fsp3) is 0.433. The SMILES string of the molecule is COc1ccccc1CNc1ccc(-c2nn([C@H]3CC[C@@H](N4CCN(C)CC4)CC3)c3ncnc(N)c23)cc1. The molecule has 39 heavy (non-hydrogen) atoms. The molecule has 0 radical (unpaired) electrons. The third kappa shape index (κ3) is 5.29. The monoisotopic (exact) mass is 526 g/mol. The molecule has 2 aromatic heterocycles. The molecule has 1 aliphatic carbocycles. The van der Waals surface area contributed by atoms with Crippen molar-refractivity contribution >= 4 is 22.5 Å². The van der Waals surface area contributed by atoms with Gasteiger partial charge >= 0.3 is 0 Å². The molecule has 6 rings (SSSR count). The summed E-state index contributed by atoms with van der Waals surface area (Å²) >= 11 is 0. The smallest absolute Gasteiger partial charge is 0.164 e. The Morgan fingerprint density at radius 2 is 1.64 bits per heavy atom. The molecular formula is C30H38N8O. The maximum absolute atomic E-state index is 6.40. The number of hydrogen-bond acceptors (Lipinski definition) is 8. The van der Waals surface area contributed by atoms with Crippen LogP contribution in [0.4, 0.5) is 11.5 Å². The highest BCUT2D eigenvalue weighted by atomic mass is 16.5. The van der Waals surface area contributed by atoms with Crippen molar-refractivity contribution in [3.05, 3.63) is 60.4 Å². The van der Waals surface area contributed by atoms with Crippen molar-refractivity contribution in [1.82, 2.24) is 29.5 Å². The van der Waals surface area contributed by atoms with Gasteiger partial charge in [0.25, 0.3) is 0 Å². The number of nitrogens with zero attached hydrogens (tertiary/aromatic N) is 6. The molecule has 1 aliphatic heterocycles. The third-order valence-electron chi connectivity index (χ3n) is 8.42. The van der Waals surface area contributed by atoms with Gasteiger partial charge in [0.15, 0.2) is 5.65 Å². The van der Waals surface area contributed by atoms with Crippen LogP contribution in [-0.2, 0) is 6.54 Å². The van der Waals surface area contributed by atoms with Crippen LogP contribution < -0.4 is 15.8 Å². The fourth-order valence-electron chi connectivity index (χ4n) is 6.10. The molecule has 0 amide bonds. The highest BCUT2D eigenvalue weighted by Crippen LogP contribution is 2.37. The van der Waals surface area contributed by atoms with Crippen LogP contribution >= 0.6 is 0 Å². The number of anilines is 2. The number of hydrogen-bond donors (Lipinski definition) is 2. The lowest BCUT2D eigenvalue weighted by molar-refractivity contribution is 0.0815. The van der Waals surface area contributed by atoms with E-state index in [4.69, 9.17) is 15.6 Å². The topological polar surface area (TPSA) is 97.4 Å². The van der Waals surface area contributed by atoms with Crippen LogP contribution in [-0.4, -0.2) is 75.9 Å². The van der Waals surface area contributed by atoms with E-state index in [1.807, 2.05) is 18.2 Å². The van der Waals surface area contributed by atoms with Gasteiger partial charge in [0.05, 0.1) is 18.5 Å². The quantitative estimate of drug-likeness (QED) is 0.365. The number of nitrogen functional groups attached to an aromatic ring is 1. The van der Waals surface area contributed by atoms with Crippen LogP contribution in [0.25, 0.3) is 22.3 Å². The number of piperazine rings is 1. The van der Waals surface area contributed by atoms with Gasteiger partial charge in [-0.1, -0.05) is 30.3 Å². The van der Waals surface area contributed by atoms with E-state index < -0.39 is 0 Å². The number of likely N-dealkylation sites (N-methyl/N-ethyl adjacent to an activating group) is 1. The Hall–Kier alpha value is -3.69. The van der Waals surface area contributed by atoms with E-state index in [0.29, 0.717) is 24.4 Å². The molecule has 1 saturated carbocycles. The summed E-state index contributed by atoms with van der Waals surface area (Å²) in [7, 11) is 3.92. The highest BCUT2D eigenvalue weighted by Gasteiger charge is 2.30. The molecule has 9 nitrogen and oxygen atoms in total. The van der Waals surface area contributed by atoms with Crippen molar-refractivity contribution < 1.29 is 4.74 Å². The average molecular weight is 527 g/mol. The van der Waals surface area contributed by atoms with Crippen molar-refractivity contribution in [2.75, 3.05) is 51.4 Å². The maximum atomic E-state index is 6.40. The average Bonchev–Trinajstić information content (AvgIpc) is 3.38. The maximum Gasteiger partial charge on any atom is 0.164 e. The molecule has 4 aromatic rings. The van der Waals surface area contributed by atoms with Gasteiger partial charge in [-0.15, -0.1) is 0 Å². The minimum Gasteiger partial charge on any atom is -0.496 e. The fourth-order valence-corrected chi connectivity index (χ4v) is 6.10. The Morgan fingerprint density at radius 3 is 2.38 bits per heavy atom. The lowest BCUT2D eigenvalue weighted by atomic mass is 9.90. The standard InChI is InChI=1S/C30H38N8O/c1-36-15-17-37(18-16-36)24-11-13-25(14-12-24)38-30-27(29(31)33-20-34-30)28(35-38)21-7-9-23(10-8-21)32-19-22-5-3-4-6-26(22)39-2/h3-10,20,24-25,32H,11-19H2,1-2H3,(H2,31,33,34)/t24-,25+. The summed E-state index contributed by atoms with van der Waals surface area (Å²) in [6.45, 7) is 5.36. The van der Waals surface area contributed by atoms with Gasteiger partial charge in [0.2, 0.25) is 0 Å². The Balaban J connectivity index is 1.20. The molecule has 1 saturated heterocycles. The first kappa shape index (κ1) is 25.6. The number of benzene rings is 2. The van der Waals surface area contributed by atoms with E-state index in [0.717, 1.165) is 65.2 Å². The van der Waals surface area contributed by atoms with Gasteiger partial charge < -0.3 is 20.7 Å².